The van der Waals surface area contributed by atoms with Gasteiger partial charge in [-0.05, 0) is 49.8 Å². The van der Waals surface area contributed by atoms with Crippen molar-refractivity contribution in [3.8, 4) is 0 Å². The molecule has 0 saturated heterocycles. The Bertz CT molecular complexity index is 633. The normalized spacial score (nSPS) is 22.4. The molecule has 2 aromatic rings. The third kappa shape index (κ3) is 2.80. The highest BCUT2D eigenvalue weighted by atomic mass is 19.1. The fourth-order valence-electron chi connectivity index (χ4n) is 3.29. The number of hydrogen-bond acceptors (Lipinski definition) is 3. The van der Waals surface area contributed by atoms with Gasteiger partial charge in [0, 0.05) is 23.3 Å². The van der Waals surface area contributed by atoms with Gasteiger partial charge in [-0.25, -0.2) is 4.39 Å². The van der Waals surface area contributed by atoms with E-state index >= 15 is 0 Å². The van der Waals surface area contributed by atoms with E-state index in [-0.39, 0.29) is 5.82 Å². The third-order valence-electron chi connectivity index (χ3n) is 4.65. The van der Waals surface area contributed by atoms with Crippen molar-refractivity contribution < 1.29 is 4.39 Å². The number of anilines is 2. The van der Waals surface area contributed by atoms with Crippen LogP contribution in [0.4, 0.5) is 15.8 Å². The summed E-state index contributed by atoms with van der Waals surface area (Å²) in [4.78, 5) is 4.32. The molecule has 0 bridgehead atoms. The quantitative estimate of drug-likeness (QED) is 0.826. The molecule has 3 N–H and O–H groups in total. The van der Waals surface area contributed by atoms with Crippen molar-refractivity contribution in [2.75, 3.05) is 11.1 Å². The predicted molar refractivity (Wildman–Crippen MR) is 85.8 cm³/mol. The Morgan fingerprint density at radius 1 is 1.33 bits per heavy atom. The minimum absolute atomic E-state index is 0.309. The number of nitrogens with two attached hydrogens (primary N) is 1. The number of nitrogens with one attached hydrogen (secondary N) is 1. The number of pyridine rings is 1. The monoisotopic (exact) mass is 287 g/mol. The molecular formula is C17H22FN3. The summed E-state index contributed by atoms with van der Waals surface area (Å²) in [6.07, 6.45) is 7.55. The van der Waals surface area contributed by atoms with Gasteiger partial charge < -0.3 is 11.1 Å². The van der Waals surface area contributed by atoms with Gasteiger partial charge in [0.2, 0.25) is 0 Å². The number of rotatable bonds is 3. The summed E-state index contributed by atoms with van der Waals surface area (Å²) in [5.74, 6) is 0.519. The summed E-state index contributed by atoms with van der Waals surface area (Å²) in [7, 11) is 0. The topological polar surface area (TPSA) is 50.9 Å². The number of aromatic nitrogens is 1. The van der Waals surface area contributed by atoms with Crippen LogP contribution in [0, 0.1) is 11.7 Å². The maximum atomic E-state index is 14.3. The number of nitrogens with zero attached hydrogens (tertiary/aromatic N) is 1. The Morgan fingerprint density at radius 3 is 2.81 bits per heavy atom. The molecule has 0 aliphatic heterocycles. The van der Waals surface area contributed by atoms with E-state index < -0.39 is 0 Å². The molecule has 1 aliphatic carbocycles. The van der Waals surface area contributed by atoms with E-state index in [2.05, 4.69) is 17.2 Å². The molecule has 0 spiro atoms. The molecule has 1 heterocycles. The van der Waals surface area contributed by atoms with Gasteiger partial charge in [-0.15, -0.1) is 0 Å². The molecule has 1 aromatic heterocycles. The summed E-state index contributed by atoms with van der Waals surface area (Å²) in [6.45, 7) is 2.25. The average molecular weight is 287 g/mol. The molecule has 1 fully saturated rings. The lowest BCUT2D eigenvalue weighted by Crippen LogP contribution is -2.26. The number of halogens is 1. The highest BCUT2D eigenvalue weighted by Gasteiger charge is 2.22. The summed E-state index contributed by atoms with van der Waals surface area (Å²) in [5, 5.41) is 4.18. The second-order valence-corrected chi connectivity index (χ2v) is 5.99. The van der Waals surface area contributed by atoms with Crippen LogP contribution in [0.15, 0.2) is 24.4 Å². The van der Waals surface area contributed by atoms with E-state index in [0.29, 0.717) is 22.9 Å². The fourth-order valence-corrected chi connectivity index (χ4v) is 3.29. The Labute approximate surface area is 124 Å². The van der Waals surface area contributed by atoms with Crippen molar-refractivity contribution in [1.82, 2.24) is 4.98 Å². The molecule has 4 heteroatoms. The van der Waals surface area contributed by atoms with Gasteiger partial charge in [-0.1, -0.05) is 13.3 Å². The van der Waals surface area contributed by atoms with Crippen molar-refractivity contribution >= 4 is 22.3 Å². The van der Waals surface area contributed by atoms with E-state index in [9.17, 15) is 4.39 Å². The zero-order valence-electron chi connectivity index (χ0n) is 12.4. The molecule has 1 aromatic carbocycles. The molecule has 0 atom stereocenters. The average Bonchev–Trinajstić information content (AvgIpc) is 2.52. The minimum Gasteiger partial charge on any atom is -0.398 e. The van der Waals surface area contributed by atoms with E-state index in [0.717, 1.165) is 24.1 Å². The highest BCUT2D eigenvalue weighted by molar-refractivity contribution is 5.98. The lowest BCUT2D eigenvalue weighted by Gasteiger charge is -2.29. The van der Waals surface area contributed by atoms with Gasteiger partial charge in [0.15, 0.2) is 5.82 Å². The van der Waals surface area contributed by atoms with Crippen LogP contribution in [0.2, 0.25) is 0 Å². The summed E-state index contributed by atoms with van der Waals surface area (Å²) in [5.41, 5.74) is 7.46. The van der Waals surface area contributed by atoms with E-state index in [1.54, 1.807) is 6.20 Å². The molecule has 112 valence electrons. The lowest BCUT2D eigenvalue weighted by molar-refractivity contribution is 0.330. The lowest BCUT2D eigenvalue weighted by atomic mass is 9.84. The summed E-state index contributed by atoms with van der Waals surface area (Å²) in [6, 6.07) is 5.43. The molecule has 1 aliphatic rings. The van der Waals surface area contributed by atoms with Crippen LogP contribution < -0.4 is 11.1 Å². The van der Waals surface area contributed by atoms with Crippen molar-refractivity contribution in [2.24, 2.45) is 5.92 Å². The molecule has 3 rings (SSSR count). The largest absolute Gasteiger partial charge is 0.398 e. The second-order valence-electron chi connectivity index (χ2n) is 5.99. The molecule has 1 saturated carbocycles. The molecule has 0 radical (unpaired) electrons. The van der Waals surface area contributed by atoms with Crippen LogP contribution in [0.25, 0.3) is 10.9 Å². The van der Waals surface area contributed by atoms with Crippen LogP contribution in [0.3, 0.4) is 0 Å². The van der Waals surface area contributed by atoms with Gasteiger partial charge in [-0.2, -0.15) is 0 Å². The number of benzene rings is 1. The van der Waals surface area contributed by atoms with E-state index in [1.807, 2.05) is 12.1 Å². The number of hydrogen-bond donors (Lipinski definition) is 2. The van der Waals surface area contributed by atoms with Crippen LogP contribution in [0.1, 0.15) is 39.0 Å². The minimum atomic E-state index is -0.309. The number of nitrogen functional groups attached to an aromatic ring is 1. The highest BCUT2D eigenvalue weighted by Crippen LogP contribution is 2.33. The van der Waals surface area contributed by atoms with Crippen LogP contribution in [0.5, 0.6) is 0 Å². The summed E-state index contributed by atoms with van der Waals surface area (Å²) >= 11 is 0. The van der Waals surface area contributed by atoms with Crippen molar-refractivity contribution in [1.29, 1.82) is 0 Å². The molecule has 0 amide bonds. The zero-order chi connectivity index (χ0) is 14.8. The third-order valence-corrected chi connectivity index (χ3v) is 4.65. The number of fused-ring (bicyclic) bond motifs is 1. The first-order valence-corrected chi connectivity index (χ1v) is 7.78. The van der Waals surface area contributed by atoms with Gasteiger partial charge in [-0.3, -0.25) is 4.98 Å². The standard InChI is InChI=1S/C17H22FN3/c1-2-11-5-7-12(8-6-11)21-17-14(18)10-15(19)13-4-3-9-20-16(13)17/h3-4,9-12,21H,2,5-8,19H2,1H3. The smallest absolute Gasteiger partial charge is 0.150 e. The Kier molecular flexibility index (Phi) is 3.95. The maximum Gasteiger partial charge on any atom is 0.150 e. The molecule has 0 unspecified atom stereocenters. The first kappa shape index (κ1) is 14.1. The first-order valence-electron chi connectivity index (χ1n) is 7.78. The second kappa shape index (κ2) is 5.88. The Balaban J connectivity index is 1.87. The molecule has 21 heavy (non-hydrogen) atoms. The van der Waals surface area contributed by atoms with Crippen LogP contribution in [-0.2, 0) is 0 Å². The van der Waals surface area contributed by atoms with Gasteiger partial charge in [0.1, 0.15) is 0 Å². The van der Waals surface area contributed by atoms with Crippen LogP contribution in [-0.4, -0.2) is 11.0 Å². The van der Waals surface area contributed by atoms with Crippen molar-refractivity contribution in [2.45, 2.75) is 45.1 Å². The van der Waals surface area contributed by atoms with Crippen LogP contribution >= 0.6 is 0 Å². The van der Waals surface area contributed by atoms with Gasteiger partial charge >= 0.3 is 0 Å². The maximum absolute atomic E-state index is 14.3. The fraction of sp³-hybridized carbons (Fsp3) is 0.471. The Morgan fingerprint density at radius 2 is 2.10 bits per heavy atom. The molecule has 3 nitrogen and oxygen atoms in total. The first-order chi connectivity index (χ1) is 10.2. The van der Waals surface area contributed by atoms with E-state index in [1.165, 1.54) is 25.3 Å². The molecular weight excluding hydrogens is 265 g/mol. The predicted octanol–water partition coefficient (Wildman–Crippen LogP) is 4.34. The van der Waals surface area contributed by atoms with Gasteiger partial charge in [0.25, 0.3) is 0 Å². The Hall–Kier alpha value is -1.84. The summed E-state index contributed by atoms with van der Waals surface area (Å²) < 4.78 is 14.3. The zero-order valence-corrected chi connectivity index (χ0v) is 12.4. The SMILES string of the molecule is CCC1CCC(Nc2c(F)cc(N)c3cccnc23)CC1. The van der Waals surface area contributed by atoms with Crippen molar-refractivity contribution in [3.05, 3.63) is 30.2 Å². The van der Waals surface area contributed by atoms with Gasteiger partial charge in [0.05, 0.1) is 11.2 Å². The van der Waals surface area contributed by atoms with E-state index in [4.69, 9.17) is 5.73 Å². The van der Waals surface area contributed by atoms with Crippen molar-refractivity contribution in [3.63, 3.8) is 0 Å².